The lowest BCUT2D eigenvalue weighted by Crippen LogP contribution is -2.44. The van der Waals surface area contributed by atoms with Crippen LogP contribution in [0.15, 0.2) is 34.7 Å². The van der Waals surface area contributed by atoms with E-state index in [1.165, 1.54) is 13.2 Å². The number of esters is 1. The van der Waals surface area contributed by atoms with Gasteiger partial charge in [0.2, 0.25) is 0 Å². The van der Waals surface area contributed by atoms with Crippen molar-refractivity contribution >= 4 is 17.9 Å². The summed E-state index contributed by atoms with van der Waals surface area (Å²) in [6, 6.07) is 8.59. The minimum absolute atomic E-state index is 0.0549. The zero-order valence-electron chi connectivity index (χ0n) is 16.9. The van der Waals surface area contributed by atoms with Crippen molar-refractivity contribution in [3.05, 3.63) is 53.0 Å². The van der Waals surface area contributed by atoms with Crippen molar-refractivity contribution in [1.29, 1.82) is 0 Å². The summed E-state index contributed by atoms with van der Waals surface area (Å²) in [6.07, 6.45) is 1.07. The van der Waals surface area contributed by atoms with Gasteiger partial charge in [-0.2, -0.15) is 0 Å². The van der Waals surface area contributed by atoms with Gasteiger partial charge in [0.05, 0.1) is 20.8 Å². The van der Waals surface area contributed by atoms with Gasteiger partial charge in [0.1, 0.15) is 28.4 Å². The Morgan fingerprint density at radius 1 is 1.21 bits per heavy atom. The van der Waals surface area contributed by atoms with Gasteiger partial charge in [0, 0.05) is 0 Å². The van der Waals surface area contributed by atoms with E-state index in [0.717, 1.165) is 16.2 Å². The number of rotatable bonds is 7. The summed E-state index contributed by atoms with van der Waals surface area (Å²) in [7, 11) is 2.88. The summed E-state index contributed by atoms with van der Waals surface area (Å²) in [5, 5.41) is 2.78. The largest absolute Gasteiger partial charge is 0.497 e. The molecule has 1 N–H and O–H groups in total. The number of carbonyl (C=O) groups excluding carboxylic acids is 3. The first-order valence-corrected chi connectivity index (χ1v) is 9.22. The van der Waals surface area contributed by atoms with E-state index in [1.807, 2.05) is 24.3 Å². The van der Waals surface area contributed by atoms with Crippen molar-refractivity contribution < 1.29 is 28.3 Å². The fourth-order valence-corrected chi connectivity index (χ4v) is 3.34. The summed E-state index contributed by atoms with van der Waals surface area (Å²) >= 11 is 0. The molecule has 0 spiro atoms. The number of nitrogens with one attached hydrogen (secondary N) is 1. The third-order valence-electron chi connectivity index (χ3n) is 5.11. The maximum atomic E-state index is 12.9. The Kier molecular flexibility index (Phi) is 5.63. The fourth-order valence-electron chi connectivity index (χ4n) is 3.34. The molecule has 1 aliphatic rings. The van der Waals surface area contributed by atoms with Gasteiger partial charge in [-0.05, 0) is 50.5 Å². The molecule has 154 valence electrons. The molecule has 0 saturated carbocycles. The number of urea groups is 1. The molecule has 1 aliphatic heterocycles. The molecule has 29 heavy (non-hydrogen) atoms. The number of ether oxygens (including phenoxy) is 2. The van der Waals surface area contributed by atoms with Crippen molar-refractivity contribution in [2.24, 2.45) is 0 Å². The van der Waals surface area contributed by atoms with E-state index in [9.17, 15) is 14.4 Å². The monoisotopic (exact) mass is 400 g/mol. The molecule has 1 fully saturated rings. The van der Waals surface area contributed by atoms with Crippen LogP contribution in [0.5, 0.6) is 5.75 Å². The van der Waals surface area contributed by atoms with Crippen LogP contribution >= 0.6 is 0 Å². The van der Waals surface area contributed by atoms with Crippen LogP contribution in [-0.2, 0) is 22.5 Å². The Labute approximate surface area is 168 Å². The first kappa shape index (κ1) is 20.4. The molecule has 1 aromatic carbocycles. The van der Waals surface area contributed by atoms with Crippen molar-refractivity contribution in [2.45, 2.75) is 38.8 Å². The van der Waals surface area contributed by atoms with E-state index in [-0.39, 0.29) is 18.0 Å². The minimum atomic E-state index is -1.01. The normalized spacial score (nSPS) is 18.7. The quantitative estimate of drug-likeness (QED) is 0.567. The second-order valence-electron chi connectivity index (χ2n) is 7.18. The van der Waals surface area contributed by atoms with Crippen LogP contribution in [0.2, 0.25) is 0 Å². The minimum Gasteiger partial charge on any atom is -0.497 e. The molecule has 2 aromatic rings. The van der Waals surface area contributed by atoms with Crippen LogP contribution in [0.3, 0.4) is 0 Å². The van der Waals surface area contributed by atoms with Gasteiger partial charge < -0.3 is 19.2 Å². The van der Waals surface area contributed by atoms with Crippen LogP contribution in [0.25, 0.3) is 0 Å². The Bertz CT molecular complexity index is 933. The number of hydrogen-bond donors (Lipinski definition) is 1. The van der Waals surface area contributed by atoms with Crippen molar-refractivity contribution in [3.63, 3.8) is 0 Å². The zero-order chi connectivity index (χ0) is 21.2. The third kappa shape index (κ3) is 4.11. The summed E-state index contributed by atoms with van der Waals surface area (Å²) in [6.45, 7) is 3.28. The molecule has 3 amide bonds. The van der Waals surface area contributed by atoms with Gasteiger partial charge >= 0.3 is 12.0 Å². The smallest absolute Gasteiger partial charge is 0.341 e. The molecule has 1 aromatic heterocycles. The highest BCUT2D eigenvalue weighted by molar-refractivity contribution is 6.06. The SMILES string of the molecule is COC(=O)c1cc(CN2C(=O)N[C@](C)(CCc3ccc(OC)cc3)C2=O)oc1C. The average molecular weight is 400 g/mol. The van der Waals surface area contributed by atoms with Gasteiger partial charge in [0.25, 0.3) is 5.91 Å². The molecule has 3 rings (SSSR count). The topological polar surface area (TPSA) is 98.1 Å². The molecule has 1 saturated heterocycles. The van der Waals surface area contributed by atoms with Gasteiger partial charge in [-0.1, -0.05) is 12.1 Å². The molecule has 0 unspecified atom stereocenters. The predicted molar refractivity (Wildman–Crippen MR) is 104 cm³/mol. The van der Waals surface area contributed by atoms with E-state index in [2.05, 4.69) is 5.32 Å². The highest BCUT2D eigenvalue weighted by atomic mass is 16.5. The number of aryl methyl sites for hydroxylation is 2. The lowest BCUT2D eigenvalue weighted by Gasteiger charge is -2.21. The predicted octanol–water partition coefficient (Wildman–Crippen LogP) is 2.83. The fraction of sp³-hybridized carbons (Fsp3) is 0.381. The second kappa shape index (κ2) is 7.98. The number of imide groups is 1. The van der Waals surface area contributed by atoms with Crippen LogP contribution in [0, 0.1) is 6.92 Å². The Balaban J connectivity index is 1.69. The van der Waals surface area contributed by atoms with Crippen LogP contribution < -0.4 is 10.1 Å². The number of nitrogens with zero attached hydrogens (tertiary/aromatic N) is 1. The lowest BCUT2D eigenvalue weighted by atomic mass is 9.93. The van der Waals surface area contributed by atoms with Crippen molar-refractivity contribution in [1.82, 2.24) is 10.2 Å². The van der Waals surface area contributed by atoms with E-state index in [4.69, 9.17) is 13.9 Å². The first-order chi connectivity index (χ1) is 13.8. The highest BCUT2D eigenvalue weighted by Crippen LogP contribution is 2.26. The molecular formula is C21H24N2O6. The molecule has 8 nitrogen and oxygen atoms in total. The Morgan fingerprint density at radius 3 is 2.52 bits per heavy atom. The molecule has 1 atom stereocenters. The molecular weight excluding hydrogens is 376 g/mol. The average Bonchev–Trinajstić information content (AvgIpc) is 3.18. The van der Waals surface area contributed by atoms with Gasteiger partial charge in [0.15, 0.2) is 0 Å². The zero-order valence-corrected chi connectivity index (χ0v) is 16.9. The summed E-state index contributed by atoms with van der Waals surface area (Å²) in [5.41, 5.74) is 0.304. The van der Waals surface area contributed by atoms with E-state index in [0.29, 0.717) is 24.4 Å². The molecule has 0 aliphatic carbocycles. The first-order valence-electron chi connectivity index (χ1n) is 9.22. The number of benzene rings is 1. The maximum absolute atomic E-state index is 12.9. The second-order valence-corrected chi connectivity index (χ2v) is 7.18. The number of furan rings is 1. The van der Waals surface area contributed by atoms with Gasteiger partial charge in [-0.25, -0.2) is 9.59 Å². The molecule has 2 heterocycles. The Hall–Kier alpha value is -3.29. The Morgan fingerprint density at radius 2 is 1.90 bits per heavy atom. The molecule has 0 bridgehead atoms. The number of hydrogen-bond acceptors (Lipinski definition) is 6. The standard InChI is InChI=1S/C21H24N2O6/c1-13-17(18(24)28-4)11-16(29-13)12-23-19(25)21(2,22-20(23)26)10-9-14-5-7-15(27-3)8-6-14/h5-8,11H,9-10,12H2,1-4H3,(H,22,26)/t21-/m1/s1. The van der Waals surface area contributed by atoms with Crippen molar-refractivity contribution in [2.75, 3.05) is 14.2 Å². The third-order valence-corrected chi connectivity index (χ3v) is 5.11. The van der Waals surface area contributed by atoms with Crippen LogP contribution in [-0.4, -0.2) is 42.6 Å². The summed E-state index contributed by atoms with van der Waals surface area (Å²) in [4.78, 5) is 38.2. The van der Waals surface area contributed by atoms with E-state index in [1.54, 1.807) is 21.0 Å². The number of amides is 3. The van der Waals surface area contributed by atoms with E-state index >= 15 is 0 Å². The lowest BCUT2D eigenvalue weighted by molar-refractivity contribution is -0.131. The highest BCUT2D eigenvalue weighted by Gasteiger charge is 2.47. The number of methoxy groups -OCH3 is 2. The van der Waals surface area contributed by atoms with E-state index < -0.39 is 17.5 Å². The number of carbonyl (C=O) groups is 3. The van der Waals surface area contributed by atoms with Crippen LogP contribution in [0.1, 0.15) is 40.8 Å². The molecule has 8 heteroatoms. The van der Waals surface area contributed by atoms with Crippen molar-refractivity contribution in [3.8, 4) is 5.75 Å². The summed E-state index contributed by atoms with van der Waals surface area (Å²) < 4.78 is 15.4. The molecule has 0 radical (unpaired) electrons. The maximum Gasteiger partial charge on any atom is 0.341 e. The van der Waals surface area contributed by atoms with Gasteiger partial charge in [-0.3, -0.25) is 9.69 Å². The van der Waals surface area contributed by atoms with Gasteiger partial charge in [-0.15, -0.1) is 0 Å². The van der Waals surface area contributed by atoms with Crippen LogP contribution in [0.4, 0.5) is 4.79 Å². The summed E-state index contributed by atoms with van der Waals surface area (Å²) in [5.74, 6) is 0.618.